The Morgan fingerprint density at radius 3 is 2.59 bits per heavy atom. The molecule has 0 bridgehead atoms. The lowest BCUT2D eigenvalue weighted by atomic mass is 10.1. The van der Waals surface area contributed by atoms with Crippen molar-refractivity contribution in [1.29, 1.82) is 0 Å². The smallest absolute Gasteiger partial charge is 0.189 e. The largest absolute Gasteiger partial charge is 0.507 e. The Labute approximate surface area is 128 Å². The van der Waals surface area contributed by atoms with Gasteiger partial charge in [0.2, 0.25) is 0 Å². The van der Waals surface area contributed by atoms with Gasteiger partial charge in [0.1, 0.15) is 18.1 Å². The van der Waals surface area contributed by atoms with Crippen molar-refractivity contribution in [2.45, 2.75) is 6.54 Å². The molecule has 114 valence electrons. The van der Waals surface area contributed by atoms with Gasteiger partial charge in [0, 0.05) is 17.7 Å². The number of ether oxygens (including phenoxy) is 1. The van der Waals surface area contributed by atoms with Gasteiger partial charge in [-0.15, -0.1) is 0 Å². The molecule has 0 unspecified atom stereocenters. The number of allylic oxidation sites excluding steroid dienone is 1. The maximum atomic E-state index is 12.1. The molecule has 0 aliphatic heterocycles. The first-order valence-electron chi connectivity index (χ1n) is 6.83. The summed E-state index contributed by atoms with van der Waals surface area (Å²) in [5, 5.41) is 19.0. The van der Waals surface area contributed by atoms with Crippen molar-refractivity contribution in [3.8, 4) is 5.75 Å². The number of aliphatic hydroxyl groups excluding tert-OH is 2. The number of carbonyl (C=O) groups is 1. The summed E-state index contributed by atoms with van der Waals surface area (Å²) in [5.74, 6) is 0.253. The maximum absolute atomic E-state index is 12.1. The molecule has 0 aliphatic carbocycles. The molecule has 0 spiro atoms. The van der Waals surface area contributed by atoms with Crippen LogP contribution in [0.15, 0.2) is 54.9 Å². The van der Waals surface area contributed by atoms with E-state index in [-0.39, 0.29) is 18.1 Å². The van der Waals surface area contributed by atoms with Crippen LogP contribution >= 0.6 is 0 Å². The van der Waals surface area contributed by atoms with Crippen LogP contribution in [-0.4, -0.2) is 29.7 Å². The third kappa shape index (κ3) is 3.93. The van der Waals surface area contributed by atoms with E-state index in [0.29, 0.717) is 23.4 Å². The van der Waals surface area contributed by atoms with Gasteiger partial charge in [-0.25, -0.2) is 4.57 Å². The molecule has 5 nitrogen and oxygen atoms in total. The van der Waals surface area contributed by atoms with Gasteiger partial charge < -0.3 is 14.9 Å². The van der Waals surface area contributed by atoms with Crippen LogP contribution in [0.3, 0.4) is 0 Å². The minimum absolute atomic E-state index is 0.00335. The molecule has 22 heavy (non-hydrogen) atoms. The minimum Gasteiger partial charge on any atom is -0.507 e. The monoisotopic (exact) mass is 300 g/mol. The Balaban J connectivity index is 2.19. The zero-order valence-corrected chi connectivity index (χ0v) is 12.3. The number of benzene rings is 1. The molecule has 1 aromatic carbocycles. The lowest BCUT2D eigenvalue weighted by Crippen LogP contribution is -2.34. The normalized spacial score (nSPS) is 11.3. The standard InChI is InChI=1S/C17H17NO4/c1-22-15-6-4-13(5-7-15)16(20)11-17(21)14-3-2-8-18(12-14)9-10-19/h2-8,11-12,19H,9-10H2,1H3/p+1. The molecule has 2 aromatic rings. The Bertz CT molecular complexity index is 677. The molecular weight excluding hydrogens is 282 g/mol. The molecule has 0 saturated heterocycles. The van der Waals surface area contributed by atoms with Gasteiger partial charge in [0.25, 0.3) is 0 Å². The summed E-state index contributed by atoms with van der Waals surface area (Å²) in [6.45, 7) is 0.428. The van der Waals surface area contributed by atoms with E-state index < -0.39 is 0 Å². The average Bonchev–Trinajstić information content (AvgIpc) is 2.55. The SMILES string of the molecule is COc1ccc(C(=O)/C=C(\O)c2ccc[n+](CCO)c2)cc1. The summed E-state index contributed by atoms with van der Waals surface area (Å²) >= 11 is 0. The first kappa shape index (κ1) is 15.7. The van der Waals surface area contributed by atoms with Crippen molar-refractivity contribution in [3.05, 3.63) is 66.0 Å². The number of pyridine rings is 1. The van der Waals surface area contributed by atoms with Gasteiger partial charge in [0.15, 0.2) is 24.7 Å². The summed E-state index contributed by atoms with van der Waals surface area (Å²) < 4.78 is 6.77. The summed E-state index contributed by atoms with van der Waals surface area (Å²) in [7, 11) is 1.56. The van der Waals surface area contributed by atoms with Crippen LogP contribution in [0.1, 0.15) is 15.9 Å². The predicted octanol–water partition coefficient (Wildman–Crippen LogP) is 1.76. The second-order valence-electron chi connectivity index (χ2n) is 4.68. The third-order valence-corrected chi connectivity index (χ3v) is 3.15. The highest BCUT2D eigenvalue weighted by atomic mass is 16.5. The van der Waals surface area contributed by atoms with Gasteiger partial charge in [-0.05, 0) is 30.3 Å². The number of carbonyl (C=O) groups excluding carboxylic acids is 1. The van der Waals surface area contributed by atoms with E-state index in [4.69, 9.17) is 9.84 Å². The number of hydrogen-bond donors (Lipinski definition) is 2. The summed E-state index contributed by atoms with van der Waals surface area (Å²) in [5.41, 5.74) is 0.976. The van der Waals surface area contributed by atoms with E-state index >= 15 is 0 Å². The van der Waals surface area contributed by atoms with Crippen LogP contribution in [0.2, 0.25) is 0 Å². The lowest BCUT2D eigenvalue weighted by Gasteiger charge is -2.02. The summed E-state index contributed by atoms with van der Waals surface area (Å²) in [6, 6.07) is 10.1. The fraction of sp³-hybridized carbons (Fsp3) is 0.176. The average molecular weight is 300 g/mol. The van der Waals surface area contributed by atoms with Crippen LogP contribution < -0.4 is 9.30 Å². The number of ketones is 1. The van der Waals surface area contributed by atoms with Gasteiger partial charge in [0.05, 0.1) is 12.7 Å². The van der Waals surface area contributed by atoms with E-state index in [9.17, 15) is 9.90 Å². The summed E-state index contributed by atoms with van der Waals surface area (Å²) in [6.07, 6.45) is 4.63. The molecule has 0 radical (unpaired) electrons. The van der Waals surface area contributed by atoms with Crippen LogP contribution in [0.4, 0.5) is 0 Å². The van der Waals surface area contributed by atoms with Crippen molar-refractivity contribution < 1.29 is 24.3 Å². The molecule has 0 atom stereocenters. The fourth-order valence-electron chi connectivity index (χ4n) is 1.97. The van der Waals surface area contributed by atoms with Crippen molar-refractivity contribution in [2.75, 3.05) is 13.7 Å². The number of aliphatic hydroxyl groups is 2. The Morgan fingerprint density at radius 2 is 1.95 bits per heavy atom. The number of rotatable bonds is 6. The van der Waals surface area contributed by atoms with Gasteiger partial charge in [-0.2, -0.15) is 0 Å². The van der Waals surface area contributed by atoms with Crippen molar-refractivity contribution in [2.24, 2.45) is 0 Å². The van der Waals surface area contributed by atoms with Crippen LogP contribution in [0.25, 0.3) is 5.76 Å². The van der Waals surface area contributed by atoms with E-state index in [1.165, 1.54) is 6.08 Å². The second-order valence-corrected chi connectivity index (χ2v) is 4.68. The lowest BCUT2D eigenvalue weighted by molar-refractivity contribution is -0.698. The highest BCUT2D eigenvalue weighted by molar-refractivity contribution is 6.07. The molecule has 2 N–H and O–H groups in total. The first-order valence-corrected chi connectivity index (χ1v) is 6.83. The number of hydrogen-bond acceptors (Lipinski definition) is 4. The van der Waals surface area contributed by atoms with E-state index in [1.54, 1.807) is 60.5 Å². The van der Waals surface area contributed by atoms with Gasteiger partial charge >= 0.3 is 0 Å². The predicted molar refractivity (Wildman–Crippen MR) is 81.7 cm³/mol. The molecule has 5 heteroatoms. The number of aromatic nitrogens is 1. The molecule has 0 saturated carbocycles. The van der Waals surface area contributed by atoms with Crippen LogP contribution in [0.5, 0.6) is 5.75 Å². The topological polar surface area (TPSA) is 70.6 Å². The molecule has 0 fully saturated rings. The van der Waals surface area contributed by atoms with Crippen LogP contribution in [-0.2, 0) is 6.54 Å². The number of methoxy groups -OCH3 is 1. The third-order valence-electron chi connectivity index (χ3n) is 3.15. The van der Waals surface area contributed by atoms with E-state index in [2.05, 4.69) is 0 Å². The molecule has 0 amide bonds. The molecule has 1 heterocycles. The minimum atomic E-state index is -0.294. The van der Waals surface area contributed by atoms with Crippen molar-refractivity contribution >= 4 is 11.5 Å². The Kier molecular flexibility index (Phi) is 5.27. The van der Waals surface area contributed by atoms with E-state index in [0.717, 1.165) is 0 Å². The molecule has 2 rings (SSSR count). The van der Waals surface area contributed by atoms with Crippen LogP contribution in [0, 0.1) is 0 Å². The quantitative estimate of drug-likeness (QED) is 0.369. The van der Waals surface area contributed by atoms with Crippen molar-refractivity contribution in [1.82, 2.24) is 0 Å². The van der Waals surface area contributed by atoms with Gasteiger partial charge in [-0.1, -0.05) is 0 Å². The highest BCUT2D eigenvalue weighted by Gasteiger charge is 2.09. The fourth-order valence-corrected chi connectivity index (χ4v) is 1.97. The van der Waals surface area contributed by atoms with Gasteiger partial charge in [-0.3, -0.25) is 4.79 Å². The van der Waals surface area contributed by atoms with Crippen molar-refractivity contribution in [3.63, 3.8) is 0 Å². The molecule has 0 aliphatic rings. The maximum Gasteiger partial charge on any atom is 0.189 e. The molecule has 1 aromatic heterocycles. The van der Waals surface area contributed by atoms with E-state index in [1.807, 2.05) is 0 Å². The molecular formula is C17H18NO4+. The first-order chi connectivity index (χ1) is 10.6. The Hall–Kier alpha value is -2.66. The Morgan fingerprint density at radius 1 is 1.23 bits per heavy atom. The zero-order valence-electron chi connectivity index (χ0n) is 12.3. The second kappa shape index (κ2) is 7.38. The summed E-state index contributed by atoms with van der Waals surface area (Å²) in [4.78, 5) is 12.1. The number of nitrogens with zero attached hydrogens (tertiary/aromatic N) is 1. The highest BCUT2D eigenvalue weighted by Crippen LogP contribution is 2.14. The zero-order chi connectivity index (χ0) is 15.9.